The van der Waals surface area contributed by atoms with E-state index in [4.69, 9.17) is 9.84 Å². The van der Waals surface area contributed by atoms with Crippen molar-refractivity contribution in [2.24, 2.45) is 5.92 Å². The molecule has 0 aromatic heterocycles. The minimum absolute atomic E-state index is 0.149. The fraction of sp³-hybridized carbons (Fsp3) is 0.385. The van der Waals surface area contributed by atoms with Crippen LogP contribution in [0, 0.1) is 5.92 Å². The molecule has 2 atom stereocenters. The molecule has 1 fully saturated rings. The average Bonchev–Trinajstić information content (AvgIpc) is 2.86. The number of amides is 1. The van der Waals surface area contributed by atoms with Gasteiger partial charge in [0.2, 0.25) is 0 Å². The van der Waals surface area contributed by atoms with Crippen LogP contribution in [0.3, 0.4) is 0 Å². The number of halogens is 1. The van der Waals surface area contributed by atoms with Gasteiger partial charge in [-0.3, -0.25) is 9.59 Å². The number of nitrogens with zero attached hydrogens (tertiary/aromatic N) is 1. The fourth-order valence-corrected chi connectivity index (χ4v) is 2.54. The minimum Gasteiger partial charge on any atom is -0.481 e. The number of hydrogen-bond acceptors (Lipinski definition) is 3. The maximum absolute atomic E-state index is 12.3. The average molecular weight is 328 g/mol. The standard InChI is InChI=1S/C13H14BrNO4/c1-15(11-7-19-6-10(11)13(17)18)12(16)8-3-2-4-9(14)5-8/h2-5,10-11H,6-7H2,1H3,(H,17,18). The summed E-state index contributed by atoms with van der Waals surface area (Å²) in [7, 11) is 1.61. The molecule has 2 unspecified atom stereocenters. The zero-order valence-corrected chi connectivity index (χ0v) is 12.0. The maximum Gasteiger partial charge on any atom is 0.311 e. The van der Waals surface area contributed by atoms with Crippen LogP contribution in [0.25, 0.3) is 0 Å². The number of carboxylic acids is 1. The van der Waals surface area contributed by atoms with E-state index in [0.29, 0.717) is 5.56 Å². The molecular weight excluding hydrogens is 314 g/mol. The molecule has 1 aliphatic rings. The molecule has 1 saturated heterocycles. The SMILES string of the molecule is CN(C(=O)c1cccc(Br)c1)C1COCC1C(=O)O. The first kappa shape index (κ1) is 14.0. The number of likely N-dealkylation sites (N-methyl/N-ethyl adjacent to an activating group) is 1. The van der Waals surface area contributed by atoms with E-state index in [9.17, 15) is 9.59 Å². The number of carbonyl (C=O) groups is 2. The first-order valence-electron chi connectivity index (χ1n) is 5.84. The number of carboxylic acid groups (broad SMARTS) is 1. The van der Waals surface area contributed by atoms with E-state index in [1.807, 2.05) is 6.07 Å². The molecule has 2 rings (SSSR count). The molecule has 0 saturated carbocycles. The second-order valence-electron chi connectivity index (χ2n) is 4.48. The molecule has 5 nitrogen and oxygen atoms in total. The van der Waals surface area contributed by atoms with Crippen LogP contribution in [-0.2, 0) is 9.53 Å². The summed E-state index contributed by atoms with van der Waals surface area (Å²) in [6.45, 7) is 0.406. The summed E-state index contributed by atoms with van der Waals surface area (Å²) in [5.41, 5.74) is 0.521. The van der Waals surface area contributed by atoms with Crippen LogP contribution in [0.5, 0.6) is 0 Å². The Kier molecular flexibility index (Phi) is 4.21. The Balaban J connectivity index is 2.17. The van der Waals surface area contributed by atoms with E-state index in [0.717, 1.165) is 4.47 Å². The zero-order chi connectivity index (χ0) is 14.0. The topological polar surface area (TPSA) is 66.8 Å². The van der Waals surface area contributed by atoms with Crippen LogP contribution >= 0.6 is 15.9 Å². The normalized spacial score (nSPS) is 22.2. The van der Waals surface area contributed by atoms with Gasteiger partial charge in [-0.1, -0.05) is 22.0 Å². The Bertz CT molecular complexity index is 505. The predicted molar refractivity (Wildman–Crippen MR) is 72.0 cm³/mol. The van der Waals surface area contributed by atoms with Crippen LogP contribution in [0.15, 0.2) is 28.7 Å². The molecule has 1 amide bonds. The molecule has 0 aliphatic carbocycles. The summed E-state index contributed by atoms with van der Waals surface area (Å²) in [5, 5.41) is 9.10. The van der Waals surface area contributed by atoms with Crippen LogP contribution < -0.4 is 0 Å². The Morgan fingerprint density at radius 3 is 2.79 bits per heavy atom. The predicted octanol–water partition coefficient (Wildman–Crippen LogP) is 1.62. The summed E-state index contributed by atoms with van der Waals surface area (Å²) in [6.07, 6.45) is 0. The molecular formula is C13H14BrNO4. The number of aliphatic carboxylic acids is 1. The smallest absolute Gasteiger partial charge is 0.311 e. The van der Waals surface area contributed by atoms with Gasteiger partial charge in [-0.15, -0.1) is 0 Å². The van der Waals surface area contributed by atoms with E-state index < -0.39 is 17.9 Å². The van der Waals surface area contributed by atoms with Crippen LogP contribution in [0.2, 0.25) is 0 Å². The van der Waals surface area contributed by atoms with Crippen LogP contribution in [0.1, 0.15) is 10.4 Å². The number of hydrogen-bond donors (Lipinski definition) is 1. The van der Waals surface area contributed by atoms with Crippen molar-refractivity contribution in [1.82, 2.24) is 4.90 Å². The van der Waals surface area contributed by atoms with Crippen molar-refractivity contribution in [3.8, 4) is 0 Å². The van der Waals surface area contributed by atoms with Crippen molar-refractivity contribution in [1.29, 1.82) is 0 Å². The van der Waals surface area contributed by atoms with Crippen molar-refractivity contribution < 1.29 is 19.4 Å². The summed E-state index contributed by atoms with van der Waals surface area (Å²) < 4.78 is 5.99. The highest BCUT2D eigenvalue weighted by Gasteiger charge is 2.38. The van der Waals surface area contributed by atoms with Gasteiger partial charge in [0, 0.05) is 17.1 Å². The lowest BCUT2D eigenvalue weighted by atomic mass is 10.0. The molecule has 1 heterocycles. The van der Waals surface area contributed by atoms with Gasteiger partial charge in [-0.05, 0) is 18.2 Å². The molecule has 1 aromatic rings. The van der Waals surface area contributed by atoms with Crippen molar-refractivity contribution in [3.05, 3.63) is 34.3 Å². The van der Waals surface area contributed by atoms with Crippen molar-refractivity contribution in [3.63, 3.8) is 0 Å². The zero-order valence-electron chi connectivity index (χ0n) is 10.4. The third-order valence-corrected chi connectivity index (χ3v) is 3.75. The van der Waals surface area contributed by atoms with E-state index in [2.05, 4.69) is 15.9 Å². The van der Waals surface area contributed by atoms with Crippen molar-refractivity contribution in [2.75, 3.05) is 20.3 Å². The second-order valence-corrected chi connectivity index (χ2v) is 5.39. The van der Waals surface area contributed by atoms with Crippen molar-refractivity contribution >= 4 is 27.8 Å². The third kappa shape index (κ3) is 2.96. The third-order valence-electron chi connectivity index (χ3n) is 3.26. The maximum atomic E-state index is 12.3. The second kappa shape index (κ2) is 5.71. The van der Waals surface area contributed by atoms with E-state index in [-0.39, 0.29) is 19.1 Å². The molecule has 1 aromatic carbocycles. The van der Waals surface area contributed by atoms with Crippen LogP contribution in [0.4, 0.5) is 0 Å². The van der Waals surface area contributed by atoms with Gasteiger partial charge in [-0.2, -0.15) is 0 Å². The molecule has 1 aliphatic heterocycles. The van der Waals surface area contributed by atoms with Gasteiger partial charge in [0.25, 0.3) is 5.91 Å². The highest BCUT2D eigenvalue weighted by molar-refractivity contribution is 9.10. The highest BCUT2D eigenvalue weighted by atomic mass is 79.9. The molecule has 0 spiro atoms. The van der Waals surface area contributed by atoms with Gasteiger partial charge in [-0.25, -0.2) is 0 Å². The monoisotopic (exact) mass is 327 g/mol. The quantitative estimate of drug-likeness (QED) is 0.916. The summed E-state index contributed by atoms with van der Waals surface area (Å²) >= 11 is 3.31. The Labute approximate surface area is 119 Å². The number of benzene rings is 1. The lowest BCUT2D eigenvalue weighted by Crippen LogP contribution is -2.44. The highest BCUT2D eigenvalue weighted by Crippen LogP contribution is 2.21. The Morgan fingerprint density at radius 2 is 2.16 bits per heavy atom. The van der Waals surface area contributed by atoms with Gasteiger partial charge in [0.1, 0.15) is 5.92 Å². The number of rotatable bonds is 3. The first-order valence-corrected chi connectivity index (χ1v) is 6.63. The molecule has 1 N–H and O–H groups in total. The fourth-order valence-electron chi connectivity index (χ4n) is 2.14. The number of carbonyl (C=O) groups excluding carboxylic acids is 1. The van der Waals surface area contributed by atoms with Crippen molar-refractivity contribution in [2.45, 2.75) is 6.04 Å². The van der Waals surface area contributed by atoms with E-state index in [1.165, 1.54) is 4.90 Å². The van der Waals surface area contributed by atoms with Gasteiger partial charge >= 0.3 is 5.97 Å². The number of ether oxygens (including phenoxy) is 1. The minimum atomic E-state index is -0.934. The van der Waals surface area contributed by atoms with Gasteiger partial charge < -0.3 is 14.7 Å². The Hall–Kier alpha value is -1.40. The Morgan fingerprint density at radius 1 is 1.42 bits per heavy atom. The molecule has 19 heavy (non-hydrogen) atoms. The summed E-state index contributed by atoms with van der Waals surface area (Å²) in [5.74, 6) is -1.81. The van der Waals surface area contributed by atoms with E-state index >= 15 is 0 Å². The summed E-state index contributed by atoms with van der Waals surface area (Å²) in [4.78, 5) is 24.9. The lowest BCUT2D eigenvalue weighted by Gasteiger charge is -2.26. The van der Waals surface area contributed by atoms with Crippen LogP contribution in [-0.4, -0.2) is 48.2 Å². The first-order chi connectivity index (χ1) is 9.00. The largest absolute Gasteiger partial charge is 0.481 e. The summed E-state index contributed by atoms with van der Waals surface area (Å²) in [6, 6.07) is 6.59. The molecule has 0 radical (unpaired) electrons. The molecule has 6 heteroatoms. The lowest BCUT2D eigenvalue weighted by molar-refractivity contribution is -0.142. The van der Waals surface area contributed by atoms with Gasteiger partial charge in [0.15, 0.2) is 0 Å². The molecule has 0 bridgehead atoms. The molecule has 102 valence electrons. The van der Waals surface area contributed by atoms with Gasteiger partial charge in [0.05, 0.1) is 19.3 Å². The van der Waals surface area contributed by atoms with E-state index in [1.54, 1.807) is 25.2 Å².